The van der Waals surface area contributed by atoms with Crippen molar-refractivity contribution in [3.63, 3.8) is 0 Å². The minimum atomic E-state index is 0.0214. The van der Waals surface area contributed by atoms with Gasteiger partial charge in [-0.3, -0.25) is 9.69 Å². The van der Waals surface area contributed by atoms with Crippen LogP contribution < -0.4 is 5.32 Å². The Morgan fingerprint density at radius 1 is 1.39 bits per heavy atom. The quantitative estimate of drug-likeness (QED) is 0.935. The summed E-state index contributed by atoms with van der Waals surface area (Å²) in [5.74, 6) is 0.139. The van der Waals surface area contributed by atoms with Crippen LogP contribution >= 0.6 is 11.3 Å². The van der Waals surface area contributed by atoms with Crippen molar-refractivity contribution in [3.05, 3.63) is 41.0 Å². The van der Waals surface area contributed by atoms with Gasteiger partial charge >= 0.3 is 0 Å². The molecule has 2 atom stereocenters. The monoisotopic (exact) mass is 329 g/mol. The van der Waals surface area contributed by atoms with Crippen molar-refractivity contribution in [1.82, 2.24) is 15.2 Å². The highest BCUT2D eigenvalue weighted by Gasteiger charge is 2.28. The third-order valence-corrected chi connectivity index (χ3v) is 5.58. The summed E-state index contributed by atoms with van der Waals surface area (Å²) in [7, 11) is 2.02. The van der Waals surface area contributed by atoms with Gasteiger partial charge in [0.1, 0.15) is 0 Å². The highest BCUT2D eigenvalue weighted by Crippen LogP contribution is 2.28. The highest BCUT2D eigenvalue weighted by molar-refractivity contribution is 7.13. The maximum atomic E-state index is 12.4. The van der Waals surface area contributed by atoms with Gasteiger partial charge in [-0.05, 0) is 51.4 Å². The number of carbonyl (C=O) groups excluding carboxylic acids is 1. The average Bonchev–Trinajstić information content (AvgIpc) is 3.15. The Hall–Kier alpha value is -1.72. The van der Waals surface area contributed by atoms with Gasteiger partial charge < -0.3 is 5.32 Å². The molecule has 3 rings (SSSR count). The molecule has 1 fully saturated rings. The lowest BCUT2D eigenvalue weighted by atomic mass is 10.0. The zero-order chi connectivity index (χ0) is 16.4. The van der Waals surface area contributed by atoms with E-state index in [9.17, 15) is 4.79 Å². The maximum Gasteiger partial charge on any atom is 0.237 e. The summed E-state index contributed by atoms with van der Waals surface area (Å²) in [5.41, 5.74) is 5.25. The van der Waals surface area contributed by atoms with Crippen molar-refractivity contribution >= 4 is 17.2 Å². The molecule has 1 aliphatic heterocycles. The van der Waals surface area contributed by atoms with Gasteiger partial charge in [0, 0.05) is 0 Å². The fourth-order valence-electron chi connectivity index (χ4n) is 3.14. The van der Waals surface area contributed by atoms with Gasteiger partial charge in [-0.1, -0.05) is 24.3 Å². The topological polar surface area (TPSA) is 45.2 Å². The van der Waals surface area contributed by atoms with E-state index in [0.29, 0.717) is 0 Å². The van der Waals surface area contributed by atoms with E-state index in [0.717, 1.165) is 30.6 Å². The number of hydrogen-bond acceptors (Lipinski definition) is 4. The molecule has 0 radical (unpaired) electrons. The van der Waals surface area contributed by atoms with Crippen LogP contribution in [0, 0.1) is 6.92 Å². The smallest absolute Gasteiger partial charge is 0.237 e. The first-order chi connectivity index (χ1) is 11.1. The Balaban J connectivity index is 1.67. The number of likely N-dealkylation sites (N-methyl/N-ethyl adjacent to an activating group) is 1. The molecule has 0 saturated carbocycles. The predicted molar refractivity (Wildman–Crippen MR) is 94.5 cm³/mol. The minimum Gasteiger partial charge on any atom is -0.348 e. The number of carbonyl (C=O) groups is 1. The van der Waals surface area contributed by atoms with Crippen LogP contribution in [-0.4, -0.2) is 35.4 Å². The number of nitrogens with zero attached hydrogens (tertiary/aromatic N) is 2. The molecule has 1 amide bonds. The summed E-state index contributed by atoms with van der Waals surface area (Å²) >= 11 is 1.66. The Bertz CT molecular complexity index is 680. The second-order valence-corrected chi connectivity index (χ2v) is 7.11. The highest BCUT2D eigenvalue weighted by atomic mass is 32.1. The van der Waals surface area contributed by atoms with Crippen molar-refractivity contribution < 1.29 is 4.79 Å². The van der Waals surface area contributed by atoms with E-state index < -0.39 is 0 Å². The SMILES string of the molecule is Cc1ncsc1-c1ccc([C@@H](C)NC(=O)[C@@H]2CCCN2C)cc1. The molecular formula is C18H23N3OS. The number of thiazole rings is 1. The lowest BCUT2D eigenvalue weighted by Crippen LogP contribution is -2.42. The van der Waals surface area contributed by atoms with Crippen molar-refractivity contribution in [2.24, 2.45) is 0 Å². The summed E-state index contributed by atoms with van der Waals surface area (Å²) < 4.78 is 0. The largest absolute Gasteiger partial charge is 0.348 e. The number of benzene rings is 1. The standard InChI is InChI=1S/C18H23N3OS/c1-12(20-18(22)16-5-4-10-21(16)3)14-6-8-15(9-7-14)17-13(2)19-11-23-17/h6-9,11-12,16H,4-5,10H2,1-3H3,(H,20,22)/t12-,16+/m1/s1. The molecule has 1 saturated heterocycles. The minimum absolute atomic E-state index is 0.0214. The molecule has 23 heavy (non-hydrogen) atoms. The van der Waals surface area contributed by atoms with E-state index in [1.807, 2.05) is 26.4 Å². The predicted octanol–water partition coefficient (Wildman–Crippen LogP) is 3.39. The fraction of sp³-hybridized carbons (Fsp3) is 0.444. The van der Waals surface area contributed by atoms with Crippen LogP contribution in [0.1, 0.15) is 37.1 Å². The van der Waals surface area contributed by atoms with E-state index in [-0.39, 0.29) is 18.0 Å². The first-order valence-electron chi connectivity index (χ1n) is 8.07. The zero-order valence-electron chi connectivity index (χ0n) is 13.9. The van der Waals surface area contributed by atoms with E-state index in [1.54, 1.807) is 11.3 Å². The van der Waals surface area contributed by atoms with E-state index in [4.69, 9.17) is 0 Å². The van der Waals surface area contributed by atoms with Crippen LogP contribution in [0.4, 0.5) is 0 Å². The number of likely N-dealkylation sites (tertiary alicyclic amines) is 1. The second kappa shape index (κ2) is 6.81. The van der Waals surface area contributed by atoms with Gasteiger partial charge in [-0.15, -0.1) is 11.3 Å². The molecule has 2 heterocycles. The number of rotatable bonds is 4. The number of amides is 1. The van der Waals surface area contributed by atoms with E-state index in [2.05, 4.69) is 39.5 Å². The van der Waals surface area contributed by atoms with Gasteiger partial charge in [-0.25, -0.2) is 4.98 Å². The lowest BCUT2D eigenvalue weighted by Gasteiger charge is -2.22. The molecule has 0 unspecified atom stereocenters. The van der Waals surface area contributed by atoms with Crippen molar-refractivity contribution in [1.29, 1.82) is 0 Å². The third kappa shape index (κ3) is 3.46. The number of aryl methyl sites for hydroxylation is 1. The normalized spacial score (nSPS) is 19.7. The summed E-state index contributed by atoms with van der Waals surface area (Å²) in [5, 5.41) is 3.14. The van der Waals surface area contributed by atoms with Crippen LogP contribution in [0.3, 0.4) is 0 Å². The summed E-state index contributed by atoms with van der Waals surface area (Å²) in [6, 6.07) is 8.46. The second-order valence-electron chi connectivity index (χ2n) is 6.26. The molecule has 1 aliphatic rings. The molecule has 2 aromatic rings. The third-order valence-electron chi connectivity index (χ3n) is 4.60. The van der Waals surface area contributed by atoms with E-state index >= 15 is 0 Å². The number of aromatic nitrogens is 1. The van der Waals surface area contributed by atoms with Crippen LogP contribution in [0.25, 0.3) is 10.4 Å². The number of nitrogens with one attached hydrogen (secondary N) is 1. The molecule has 5 heteroatoms. The summed E-state index contributed by atoms with van der Waals surface area (Å²) in [6.45, 7) is 5.08. The molecule has 0 bridgehead atoms. The van der Waals surface area contributed by atoms with Gasteiger partial charge in [0.05, 0.1) is 28.2 Å². The Morgan fingerprint density at radius 3 is 2.70 bits per heavy atom. The maximum absolute atomic E-state index is 12.4. The Morgan fingerprint density at radius 2 is 2.13 bits per heavy atom. The van der Waals surface area contributed by atoms with Crippen LogP contribution in [0.2, 0.25) is 0 Å². The molecule has 1 N–H and O–H groups in total. The van der Waals surface area contributed by atoms with Crippen LogP contribution in [-0.2, 0) is 4.79 Å². The zero-order valence-corrected chi connectivity index (χ0v) is 14.7. The van der Waals surface area contributed by atoms with Gasteiger partial charge in [0.25, 0.3) is 0 Å². The molecular weight excluding hydrogens is 306 g/mol. The first kappa shape index (κ1) is 16.1. The fourth-order valence-corrected chi connectivity index (χ4v) is 3.95. The first-order valence-corrected chi connectivity index (χ1v) is 8.95. The average molecular weight is 329 g/mol. The Labute approximate surface area is 141 Å². The van der Waals surface area contributed by atoms with E-state index in [1.165, 1.54) is 10.4 Å². The molecule has 1 aromatic carbocycles. The van der Waals surface area contributed by atoms with Crippen molar-refractivity contribution in [2.75, 3.05) is 13.6 Å². The van der Waals surface area contributed by atoms with Gasteiger partial charge in [-0.2, -0.15) is 0 Å². The van der Waals surface area contributed by atoms with Gasteiger partial charge in [0.15, 0.2) is 0 Å². The molecule has 0 spiro atoms. The lowest BCUT2D eigenvalue weighted by molar-refractivity contribution is -0.125. The molecule has 0 aliphatic carbocycles. The molecule has 122 valence electrons. The van der Waals surface area contributed by atoms with Gasteiger partial charge in [0.2, 0.25) is 5.91 Å². The van der Waals surface area contributed by atoms with Crippen molar-refractivity contribution in [3.8, 4) is 10.4 Å². The van der Waals surface area contributed by atoms with Crippen LogP contribution in [0.15, 0.2) is 29.8 Å². The number of hydrogen-bond donors (Lipinski definition) is 1. The molecule has 4 nitrogen and oxygen atoms in total. The van der Waals surface area contributed by atoms with Crippen LogP contribution in [0.5, 0.6) is 0 Å². The van der Waals surface area contributed by atoms with Crippen molar-refractivity contribution in [2.45, 2.75) is 38.8 Å². The summed E-state index contributed by atoms with van der Waals surface area (Å²) in [6.07, 6.45) is 2.06. The Kier molecular flexibility index (Phi) is 4.78. The molecule has 1 aromatic heterocycles. The summed E-state index contributed by atoms with van der Waals surface area (Å²) in [4.78, 5) is 20.0.